The van der Waals surface area contributed by atoms with Crippen molar-refractivity contribution in [2.45, 2.75) is 31.4 Å². The number of carbonyl (C=O) groups is 1. The van der Waals surface area contributed by atoms with Gasteiger partial charge in [-0.1, -0.05) is 13.8 Å². The Labute approximate surface area is 112 Å². The fraction of sp³-hybridized carbons (Fsp3) is 0.545. The van der Waals surface area contributed by atoms with Gasteiger partial charge in [0.15, 0.2) is 5.76 Å². The molecule has 7 nitrogen and oxygen atoms in total. The molecule has 1 aromatic heterocycles. The van der Waals surface area contributed by atoms with Gasteiger partial charge in [0.25, 0.3) is 15.9 Å². The monoisotopic (exact) mass is 289 g/mol. The summed E-state index contributed by atoms with van der Waals surface area (Å²) >= 11 is 0. The molecule has 1 rings (SSSR count). The third-order valence-electron chi connectivity index (χ3n) is 2.46. The molecular weight excluding hydrogens is 270 g/mol. The van der Waals surface area contributed by atoms with Crippen LogP contribution in [0.25, 0.3) is 0 Å². The summed E-state index contributed by atoms with van der Waals surface area (Å²) in [5.41, 5.74) is 5.56. The maximum Gasteiger partial charge on any atom is 0.287 e. The predicted molar refractivity (Wildman–Crippen MR) is 69.8 cm³/mol. The smallest absolute Gasteiger partial charge is 0.287 e. The SMILES string of the molecule is CC(C)CC(CN)NC(=O)c1ccc(S(N)(=O)=O)o1. The highest BCUT2D eigenvalue weighted by atomic mass is 32.2. The number of nitrogens with two attached hydrogens (primary N) is 2. The minimum absolute atomic E-state index is 0.105. The second-order valence-electron chi connectivity index (χ2n) is 4.70. The first-order valence-electron chi connectivity index (χ1n) is 5.87. The molecule has 108 valence electrons. The summed E-state index contributed by atoms with van der Waals surface area (Å²) in [7, 11) is -3.94. The van der Waals surface area contributed by atoms with Crippen LogP contribution in [0, 0.1) is 5.92 Å². The molecule has 0 aliphatic carbocycles. The lowest BCUT2D eigenvalue weighted by Crippen LogP contribution is -2.40. The van der Waals surface area contributed by atoms with E-state index in [2.05, 4.69) is 5.32 Å². The first-order chi connectivity index (χ1) is 8.74. The van der Waals surface area contributed by atoms with Crippen molar-refractivity contribution in [2.75, 3.05) is 6.54 Å². The molecule has 1 amide bonds. The van der Waals surface area contributed by atoms with Gasteiger partial charge in [-0.25, -0.2) is 13.6 Å². The van der Waals surface area contributed by atoms with Gasteiger partial charge in [0.2, 0.25) is 5.09 Å². The highest BCUT2D eigenvalue weighted by Gasteiger charge is 2.19. The highest BCUT2D eigenvalue weighted by molar-refractivity contribution is 7.89. The van der Waals surface area contributed by atoms with Crippen LogP contribution in [-0.4, -0.2) is 26.9 Å². The average Bonchev–Trinajstić information content (AvgIpc) is 2.76. The maximum atomic E-state index is 11.8. The lowest BCUT2D eigenvalue weighted by atomic mass is 10.0. The Morgan fingerprint density at radius 3 is 2.47 bits per heavy atom. The van der Waals surface area contributed by atoms with Gasteiger partial charge >= 0.3 is 0 Å². The Hall–Kier alpha value is -1.38. The quantitative estimate of drug-likeness (QED) is 0.680. The Morgan fingerprint density at radius 2 is 2.05 bits per heavy atom. The number of primary sulfonamides is 1. The number of rotatable bonds is 6. The van der Waals surface area contributed by atoms with Crippen LogP contribution in [0.3, 0.4) is 0 Å². The molecule has 8 heteroatoms. The zero-order chi connectivity index (χ0) is 14.6. The normalized spacial score (nSPS) is 13.5. The van der Waals surface area contributed by atoms with Crippen LogP contribution < -0.4 is 16.2 Å². The van der Waals surface area contributed by atoms with E-state index in [1.54, 1.807) is 0 Å². The molecule has 0 spiro atoms. The summed E-state index contributed by atoms with van der Waals surface area (Å²) in [6.45, 7) is 4.33. The predicted octanol–water partition coefficient (Wildman–Crippen LogP) is 0.0302. The van der Waals surface area contributed by atoms with E-state index in [0.29, 0.717) is 12.5 Å². The van der Waals surface area contributed by atoms with Gasteiger partial charge in [0, 0.05) is 12.6 Å². The number of sulfonamides is 1. The molecule has 0 bridgehead atoms. The van der Waals surface area contributed by atoms with Crippen LogP contribution in [0.4, 0.5) is 0 Å². The summed E-state index contributed by atoms with van der Waals surface area (Å²) in [4.78, 5) is 11.8. The van der Waals surface area contributed by atoms with Crippen LogP contribution >= 0.6 is 0 Å². The Morgan fingerprint density at radius 1 is 1.42 bits per heavy atom. The van der Waals surface area contributed by atoms with Gasteiger partial charge in [-0.3, -0.25) is 4.79 Å². The first kappa shape index (κ1) is 15.7. The maximum absolute atomic E-state index is 11.8. The molecule has 0 saturated carbocycles. The molecular formula is C11H19N3O4S. The molecule has 0 aliphatic heterocycles. The van der Waals surface area contributed by atoms with Gasteiger partial charge in [0.1, 0.15) is 0 Å². The summed E-state index contributed by atoms with van der Waals surface area (Å²) in [5, 5.41) is 7.14. The Balaban J connectivity index is 2.75. The van der Waals surface area contributed by atoms with Crippen molar-refractivity contribution in [2.24, 2.45) is 16.8 Å². The Bertz CT molecular complexity index is 536. The van der Waals surface area contributed by atoms with E-state index in [1.807, 2.05) is 13.8 Å². The molecule has 1 unspecified atom stereocenters. The second-order valence-corrected chi connectivity index (χ2v) is 6.19. The van der Waals surface area contributed by atoms with Crippen molar-refractivity contribution >= 4 is 15.9 Å². The topological polar surface area (TPSA) is 128 Å². The minimum Gasteiger partial charge on any atom is -0.438 e. The van der Waals surface area contributed by atoms with E-state index in [0.717, 1.165) is 12.5 Å². The fourth-order valence-electron chi connectivity index (χ4n) is 1.63. The summed E-state index contributed by atoms with van der Waals surface area (Å²) in [6, 6.07) is 2.22. The number of hydrogen-bond donors (Lipinski definition) is 3. The zero-order valence-electron chi connectivity index (χ0n) is 10.9. The molecule has 5 N–H and O–H groups in total. The average molecular weight is 289 g/mol. The van der Waals surface area contributed by atoms with Gasteiger partial charge in [0.05, 0.1) is 0 Å². The van der Waals surface area contributed by atoms with Crippen molar-refractivity contribution in [1.29, 1.82) is 0 Å². The number of furan rings is 1. The molecule has 0 aliphatic rings. The number of nitrogens with one attached hydrogen (secondary N) is 1. The molecule has 0 radical (unpaired) electrons. The Kier molecular flexibility index (Phi) is 5.10. The van der Waals surface area contributed by atoms with Crippen molar-refractivity contribution < 1.29 is 17.6 Å². The van der Waals surface area contributed by atoms with E-state index >= 15 is 0 Å². The van der Waals surface area contributed by atoms with Gasteiger partial charge in [-0.05, 0) is 24.5 Å². The van der Waals surface area contributed by atoms with Crippen molar-refractivity contribution in [1.82, 2.24) is 5.32 Å². The summed E-state index contributed by atoms with van der Waals surface area (Å²) < 4.78 is 26.9. The number of amides is 1. The van der Waals surface area contributed by atoms with Crippen molar-refractivity contribution in [3.8, 4) is 0 Å². The lowest BCUT2D eigenvalue weighted by molar-refractivity contribution is 0.0900. The van der Waals surface area contributed by atoms with Crippen LogP contribution in [0.5, 0.6) is 0 Å². The van der Waals surface area contributed by atoms with Crippen LogP contribution in [-0.2, 0) is 10.0 Å². The second kappa shape index (κ2) is 6.18. The van der Waals surface area contributed by atoms with Crippen molar-refractivity contribution in [3.05, 3.63) is 17.9 Å². The van der Waals surface area contributed by atoms with Crippen molar-refractivity contribution in [3.63, 3.8) is 0 Å². The van der Waals surface area contributed by atoms with E-state index in [-0.39, 0.29) is 11.8 Å². The van der Waals surface area contributed by atoms with E-state index in [4.69, 9.17) is 15.3 Å². The molecule has 1 heterocycles. The van der Waals surface area contributed by atoms with E-state index < -0.39 is 21.0 Å². The third-order valence-corrected chi connectivity index (χ3v) is 3.24. The van der Waals surface area contributed by atoms with Crippen LogP contribution in [0.15, 0.2) is 21.6 Å². The zero-order valence-corrected chi connectivity index (χ0v) is 11.7. The molecule has 1 aromatic rings. The highest BCUT2D eigenvalue weighted by Crippen LogP contribution is 2.12. The lowest BCUT2D eigenvalue weighted by Gasteiger charge is -2.17. The van der Waals surface area contributed by atoms with E-state index in [9.17, 15) is 13.2 Å². The molecule has 19 heavy (non-hydrogen) atoms. The molecule has 0 saturated heterocycles. The number of hydrogen-bond acceptors (Lipinski definition) is 5. The van der Waals surface area contributed by atoms with Crippen LogP contribution in [0.2, 0.25) is 0 Å². The molecule has 0 fully saturated rings. The molecule has 0 aromatic carbocycles. The largest absolute Gasteiger partial charge is 0.438 e. The number of carbonyl (C=O) groups excluding carboxylic acids is 1. The molecule has 1 atom stereocenters. The van der Waals surface area contributed by atoms with Gasteiger partial charge in [-0.15, -0.1) is 0 Å². The van der Waals surface area contributed by atoms with E-state index in [1.165, 1.54) is 6.07 Å². The summed E-state index contributed by atoms with van der Waals surface area (Å²) in [5.74, 6) is -0.234. The standard InChI is InChI=1S/C11H19N3O4S/c1-7(2)5-8(6-12)14-11(15)9-3-4-10(18-9)19(13,16)17/h3-4,7-8H,5-6,12H2,1-2H3,(H,14,15)(H2,13,16,17). The minimum atomic E-state index is -3.94. The fourth-order valence-corrected chi connectivity index (χ4v) is 2.10. The first-order valence-corrected chi connectivity index (χ1v) is 7.42. The van der Waals surface area contributed by atoms with Crippen LogP contribution in [0.1, 0.15) is 30.8 Å². The van der Waals surface area contributed by atoms with Gasteiger partial charge < -0.3 is 15.5 Å². The summed E-state index contributed by atoms with van der Waals surface area (Å²) in [6.07, 6.45) is 0.727. The third kappa shape index (κ3) is 4.66. The van der Waals surface area contributed by atoms with Gasteiger partial charge in [-0.2, -0.15) is 0 Å².